The highest BCUT2D eigenvalue weighted by Gasteiger charge is 2.18. The maximum atomic E-state index is 11.8. The van der Waals surface area contributed by atoms with E-state index in [0.717, 1.165) is 0 Å². The van der Waals surface area contributed by atoms with Crippen LogP contribution in [0.5, 0.6) is 0 Å². The predicted molar refractivity (Wildman–Crippen MR) is 36.3 cm³/mol. The fourth-order valence-electron chi connectivity index (χ4n) is 0.465. The molecule has 3 nitrogen and oxygen atoms in total. The van der Waals surface area contributed by atoms with Crippen LogP contribution >= 0.6 is 12.1 Å². The average Bonchev–Trinajstić information content (AvgIpc) is 1.99. The average molecular weight is 168 g/mol. The summed E-state index contributed by atoms with van der Waals surface area (Å²) >= 11 is -0.114. The van der Waals surface area contributed by atoms with Crippen LogP contribution in [0.15, 0.2) is 0 Å². The molecule has 5 heteroatoms. The smallest absolute Gasteiger partial charge is 0.121 e. The lowest BCUT2D eigenvalue weighted by Crippen LogP contribution is -2.26. The monoisotopic (exact) mass is 168 g/mol. The van der Waals surface area contributed by atoms with Crippen molar-refractivity contribution < 1.29 is 18.9 Å². The fraction of sp³-hybridized carbons (Fsp3) is 0.800. The molecule has 0 aromatic heterocycles. The quantitative estimate of drug-likeness (QED) is 0.563. The molecule has 0 amide bonds. The van der Waals surface area contributed by atoms with Gasteiger partial charge < -0.3 is 15.0 Å². The molecule has 0 aromatic carbocycles. The molecule has 0 saturated heterocycles. The van der Waals surface area contributed by atoms with E-state index in [-0.39, 0.29) is 18.6 Å². The molecule has 0 saturated carbocycles. The normalized spacial score (nSPS) is 16.3. The maximum absolute atomic E-state index is 11.8. The second-order valence-corrected chi connectivity index (χ2v) is 2.56. The van der Waals surface area contributed by atoms with Crippen LogP contribution in [0.3, 0.4) is 0 Å². The first-order valence-corrected chi connectivity index (χ1v) is 3.54. The number of aliphatic hydroxyl groups excluding tert-OH is 2. The minimum atomic E-state index is -1.15. The Morgan fingerprint density at radius 3 is 2.60 bits per heavy atom. The predicted octanol–water partition coefficient (Wildman–Crippen LogP) is -0.0851. The molecular weight excluding hydrogens is 159 g/mol. The molecule has 0 heterocycles. The van der Waals surface area contributed by atoms with E-state index in [1.807, 2.05) is 0 Å². The van der Waals surface area contributed by atoms with Gasteiger partial charge in [0.1, 0.15) is 6.29 Å². The third-order valence-corrected chi connectivity index (χ3v) is 1.79. The van der Waals surface area contributed by atoms with Gasteiger partial charge in [0, 0.05) is 6.42 Å². The summed E-state index contributed by atoms with van der Waals surface area (Å²) in [6.45, 7) is -0.518. The summed E-state index contributed by atoms with van der Waals surface area (Å²) in [5.74, 6) is 0. The number of carbonyl (C=O) groups is 1. The van der Waals surface area contributed by atoms with Crippen molar-refractivity contribution >= 4 is 18.4 Å². The van der Waals surface area contributed by atoms with Gasteiger partial charge >= 0.3 is 0 Å². The summed E-state index contributed by atoms with van der Waals surface area (Å²) in [4.78, 5) is 9.82. The molecule has 0 unspecified atom stereocenters. The standard InChI is InChI=1S/C5H9FO3S/c6-10-5(1-2-7)4(9)3-8/h2,4-5,8-9H,1,3H2/t4-,5+/m1/s1. The van der Waals surface area contributed by atoms with Crippen molar-refractivity contribution in [2.75, 3.05) is 6.61 Å². The van der Waals surface area contributed by atoms with Gasteiger partial charge in [0.05, 0.1) is 30.1 Å². The Bertz CT molecular complexity index is 101. The van der Waals surface area contributed by atoms with E-state index in [1.54, 1.807) is 0 Å². The number of hydrogen-bond donors (Lipinski definition) is 2. The van der Waals surface area contributed by atoms with Crippen LogP contribution in [0.2, 0.25) is 0 Å². The molecule has 0 aliphatic carbocycles. The molecule has 0 spiro atoms. The van der Waals surface area contributed by atoms with Crippen molar-refractivity contribution in [1.82, 2.24) is 0 Å². The van der Waals surface area contributed by atoms with Gasteiger partial charge in [-0.3, -0.25) is 0 Å². The number of hydrogen-bond acceptors (Lipinski definition) is 4. The van der Waals surface area contributed by atoms with Crippen LogP contribution in [-0.4, -0.2) is 34.5 Å². The zero-order valence-corrected chi connectivity index (χ0v) is 6.05. The van der Waals surface area contributed by atoms with Gasteiger partial charge in [-0.25, -0.2) is 0 Å². The Morgan fingerprint density at radius 2 is 2.30 bits per heavy atom. The molecular formula is C5H9FO3S. The lowest BCUT2D eigenvalue weighted by molar-refractivity contribution is -0.108. The van der Waals surface area contributed by atoms with E-state index in [2.05, 4.69) is 0 Å². The summed E-state index contributed by atoms with van der Waals surface area (Å²) in [5.41, 5.74) is 0. The minimum Gasteiger partial charge on any atom is -0.394 e. The highest BCUT2D eigenvalue weighted by molar-refractivity contribution is 7.95. The van der Waals surface area contributed by atoms with Crippen LogP contribution in [0.4, 0.5) is 3.89 Å². The highest BCUT2D eigenvalue weighted by atomic mass is 32.2. The molecule has 0 fully saturated rings. The molecule has 0 bridgehead atoms. The summed E-state index contributed by atoms with van der Waals surface area (Å²) in [6.07, 6.45) is -0.723. The fourth-order valence-corrected chi connectivity index (χ4v) is 0.821. The molecule has 2 atom stereocenters. The third kappa shape index (κ3) is 3.14. The first kappa shape index (κ1) is 9.87. The summed E-state index contributed by atoms with van der Waals surface area (Å²) in [5, 5.41) is 16.3. The first-order valence-electron chi connectivity index (χ1n) is 2.76. The molecule has 2 N–H and O–H groups in total. The van der Waals surface area contributed by atoms with Crippen LogP contribution in [0, 0.1) is 0 Å². The van der Waals surface area contributed by atoms with E-state index >= 15 is 0 Å². The lowest BCUT2D eigenvalue weighted by atomic mass is 10.2. The summed E-state index contributed by atoms with van der Waals surface area (Å²) in [7, 11) is 0. The van der Waals surface area contributed by atoms with E-state index in [9.17, 15) is 8.68 Å². The molecule has 60 valence electrons. The van der Waals surface area contributed by atoms with Crippen molar-refractivity contribution in [3.05, 3.63) is 0 Å². The van der Waals surface area contributed by atoms with Gasteiger partial charge in [-0.1, -0.05) is 0 Å². The first-order chi connectivity index (χ1) is 4.76. The number of halogens is 1. The van der Waals surface area contributed by atoms with Crippen LogP contribution in [0.1, 0.15) is 6.42 Å². The van der Waals surface area contributed by atoms with Gasteiger partial charge in [0.15, 0.2) is 0 Å². The van der Waals surface area contributed by atoms with E-state index in [4.69, 9.17) is 10.2 Å². The Hall–Kier alpha value is -0.130. The Balaban J connectivity index is 3.67. The minimum absolute atomic E-state index is 0.0805. The molecule has 0 aliphatic rings. The SMILES string of the molecule is O=CC[C@H](SF)[C@H](O)CO. The molecule has 0 aliphatic heterocycles. The van der Waals surface area contributed by atoms with Crippen LogP contribution in [-0.2, 0) is 4.79 Å². The van der Waals surface area contributed by atoms with Crippen LogP contribution in [0.25, 0.3) is 0 Å². The second-order valence-electron chi connectivity index (χ2n) is 1.78. The number of aliphatic hydroxyl groups is 2. The van der Waals surface area contributed by atoms with Crippen molar-refractivity contribution in [2.45, 2.75) is 17.8 Å². The number of carbonyl (C=O) groups excluding carboxylic acids is 1. The molecule has 10 heavy (non-hydrogen) atoms. The largest absolute Gasteiger partial charge is 0.394 e. The van der Waals surface area contributed by atoms with Gasteiger partial charge in [0.2, 0.25) is 0 Å². The zero-order chi connectivity index (χ0) is 7.98. The van der Waals surface area contributed by atoms with Gasteiger partial charge in [0.25, 0.3) is 0 Å². The molecule has 0 radical (unpaired) electrons. The zero-order valence-electron chi connectivity index (χ0n) is 5.24. The number of aldehydes is 1. The van der Waals surface area contributed by atoms with Gasteiger partial charge in [-0.2, -0.15) is 3.89 Å². The summed E-state index contributed by atoms with van der Waals surface area (Å²) in [6, 6.07) is 0. The topological polar surface area (TPSA) is 57.5 Å². The summed E-state index contributed by atoms with van der Waals surface area (Å²) < 4.78 is 11.8. The van der Waals surface area contributed by atoms with Crippen molar-refractivity contribution in [1.29, 1.82) is 0 Å². The Morgan fingerprint density at radius 1 is 1.70 bits per heavy atom. The Kier molecular flexibility index (Phi) is 5.57. The van der Waals surface area contributed by atoms with Crippen molar-refractivity contribution in [3.63, 3.8) is 0 Å². The van der Waals surface area contributed by atoms with Crippen LogP contribution < -0.4 is 0 Å². The Labute approximate surface area is 62.5 Å². The number of rotatable bonds is 5. The van der Waals surface area contributed by atoms with Gasteiger partial charge in [-0.05, 0) is 0 Å². The van der Waals surface area contributed by atoms with E-state index < -0.39 is 18.0 Å². The molecule has 0 aromatic rings. The second kappa shape index (κ2) is 5.64. The van der Waals surface area contributed by atoms with E-state index in [1.165, 1.54) is 0 Å². The third-order valence-electron chi connectivity index (χ3n) is 1.06. The van der Waals surface area contributed by atoms with Gasteiger partial charge in [-0.15, -0.1) is 0 Å². The highest BCUT2D eigenvalue weighted by Crippen LogP contribution is 2.17. The van der Waals surface area contributed by atoms with Crippen molar-refractivity contribution in [2.24, 2.45) is 0 Å². The lowest BCUT2D eigenvalue weighted by Gasteiger charge is -2.12. The van der Waals surface area contributed by atoms with Crippen molar-refractivity contribution in [3.8, 4) is 0 Å². The van der Waals surface area contributed by atoms with E-state index in [0.29, 0.717) is 6.29 Å². The molecule has 0 rings (SSSR count). The maximum Gasteiger partial charge on any atom is 0.121 e.